The molecule has 1 aromatic rings. The zero-order valence-corrected chi connectivity index (χ0v) is 11.4. The Morgan fingerprint density at radius 2 is 1.84 bits per heavy atom. The van der Waals surface area contributed by atoms with E-state index in [9.17, 15) is 4.79 Å². The first-order valence-electron chi connectivity index (χ1n) is 6.45. The number of benzene rings is 1. The van der Waals surface area contributed by atoms with Crippen LogP contribution in [0, 0.1) is 0 Å². The molecule has 0 aromatic heterocycles. The van der Waals surface area contributed by atoms with Crippen LogP contribution < -0.4 is 4.74 Å². The molecule has 0 saturated carbocycles. The topological polar surface area (TPSA) is 29.5 Å². The largest absolute Gasteiger partial charge is 0.481 e. The molecule has 0 bridgehead atoms. The molecule has 0 aliphatic heterocycles. The van der Waals surface area contributed by atoms with Crippen LogP contribution in [-0.4, -0.2) is 30.0 Å². The zero-order valence-electron chi connectivity index (χ0n) is 11.4. The molecular weight excluding hydrogens is 238 g/mol. The van der Waals surface area contributed by atoms with E-state index >= 15 is 0 Å². The highest BCUT2D eigenvalue weighted by atomic mass is 16.5. The van der Waals surface area contributed by atoms with Crippen LogP contribution >= 0.6 is 0 Å². The van der Waals surface area contributed by atoms with Gasteiger partial charge < -0.3 is 9.64 Å². The average Bonchev–Trinajstić information content (AvgIpc) is 2.45. The van der Waals surface area contributed by atoms with Crippen molar-refractivity contribution in [1.29, 1.82) is 0 Å². The maximum Gasteiger partial charge on any atom is 0.264 e. The number of carbonyl (C=O) groups excluding carboxylic acids is 1. The summed E-state index contributed by atoms with van der Waals surface area (Å²) in [5.41, 5.74) is 0. The van der Waals surface area contributed by atoms with Gasteiger partial charge in [-0.1, -0.05) is 37.3 Å². The van der Waals surface area contributed by atoms with Gasteiger partial charge in [0.25, 0.3) is 5.91 Å². The molecule has 0 spiro atoms. The number of hydrogen-bond donors (Lipinski definition) is 0. The Morgan fingerprint density at radius 3 is 2.32 bits per heavy atom. The molecule has 0 fully saturated rings. The number of nitrogens with zero attached hydrogens (tertiary/aromatic N) is 1. The lowest BCUT2D eigenvalue weighted by Crippen LogP contribution is -2.41. The molecule has 0 radical (unpaired) electrons. The van der Waals surface area contributed by atoms with Crippen LogP contribution in [0.1, 0.15) is 13.3 Å². The van der Waals surface area contributed by atoms with Crippen LogP contribution in [0.25, 0.3) is 0 Å². The Hall–Kier alpha value is -2.03. The van der Waals surface area contributed by atoms with Gasteiger partial charge in [0.2, 0.25) is 0 Å². The van der Waals surface area contributed by atoms with Crippen molar-refractivity contribution in [3.05, 3.63) is 55.6 Å². The van der Waals surface area contributed by atoms with Crippen LogP contribution in [0.2, 0.25) is 0 Å². The summed E-state index contributed by atoms with van der Waals surface area (Å²) in [6, 6.07) is 9.38. The van der Waals surface area contributed by atoms with E-state index in [4.69, 9.17) is 4.74 Å². The van der Waals surface area contributed by atoms with Crippen molar-refractivity contribution in [2.45, 2.75) is 19.4 Å². The highest BCUT2D eigenvalue weighted by Gasteiger charge is 2.23. The lowest BCUT2D eigenvalue weighted by Gasteiger charge is -2.25. The van der Waals surface area contributed by atoms with Gasteiger partial charge in [0.15, 0.2) is 6.10 Å². The molecule has 0 unspecified atom stereocenters. The molecule has 0 aliphatic carbocycles. The molecule has 19 heavy (non-hydrogen) atoms. The van der Waals surface area contributed by atoms with Gasteiger partial charge >= 0.3 is 0 Å². The number of hydrogen-bond acceptors (Lipinski definition) is 2. The highest BCUT2D eigenvalue weighted by molar-refractivity contribution is 5.81. The molecule has 0 heterocycles. The molecule has 3 nitrogen and oxygen atoms in total. The maximum atomic E-state index is 12.4. The number of carbonyl (C=O) groups is 1. The molecule has 3 heteroatoms. The fourth-order valence-corrected chi connectivity index (χ4v) is 1.74. The maximum absolute atomic E-state index is 12.4. The van der Waals surface area contributed by atoms with E-state index in [0.717, 1.165) is 0 Å². The van der Waals surface area contributed by atoms with Gasteiger partial charge in [0.1, 0.15) is 5.75 Å². The van der Waals surface area contributed by atoms with Gasteiger partial charge in [0, 0.05) is 13.1 Å². The van der Waals surface area contributed by atoms with Crippen molar-refractivity contribution in [2.24, 2.45) is 0 Å². The molecule has 102 valence electrons. The van der Waals surface area contributed by atoms with E-state index in [1.54, 1.807) is 17.1 Å². The first-order chi connectivity index (χ1) is 9.22. The second kappa shape index (κ2) is 8.14. The van der Waals surface area contributed by atoms with E-state index in [1.165, 1.54) is 0 Å². The van der Waals surface area contributed by atoms with Crippen molar-refractivity contribution >= 4 is 5.91 Å². The lowest BCUT2D eigenvalue weighted by molar-refractivity contribution is -0.137. The molecule has 0 N–H and O–H groups in total. The van der Waals surface area contributed by atoms with E-state index in [-0.39, 0.29) is 5.91 Å². The second-order valence-corrected chi connectivity index (χ2v) is 4.15. The quantitative estimate of drug-likeness (QED) is 0.672. The van der Waals surface area contributed by atoms with Crippen LogP contribution in [0.15, 0.2) is 55.6 Å². The molecule has 1 aromatic carbocycles. The minimum absolute atomic E-state index is 0.0360. The van der Waals surface area contributed by atoms with E-state index in [2.05, 4.69) is 13.2 Å². The summed E-state index contributed by atoms with van der Waals surface area (Å²) in [4.78, 5) is 14.0. The normalized spacial score (nSPS) is 11.4. The summed E-state index contributed by atoms with van der Waals surface area (Å²) in [5, 5.41) is 0. The predicted molar refractivity (Wildman–Crippen MR) is 78.1 cm³/mol. The summed E-state index contributed by atoms with van der Waals surface area (Å²) in [5.74, 6) is 0.672. The second-order valence-electron chi connectivity index (χ2n) is 4.15. The molecule has 1 amide bonds. The van der Waals surface area contributed by atoms with Crippen LogP contribution in [0.3, 0.4) is 0 Å². The fraction of sp³-hybridized carbons (Fsp3) is 0.312. The van der Waals surface area contributed by atoms with E-state index in [1.807, 2.05) is 37.3 Å². The van der Waals surface area contributed by atoms with Gasteiger partial charge in [-0.05, 0) is 18.6 Å². The third-order valence-corrected chi connectivity index (χ3v) is 2.68. The molecule has 1 atom stereocenters. The molecule has 0 saturated heterocycles. The van der Waals surface area contributed by atoms with E-state index in [0.29, 0.717) is 25.3 Å². The van der Waals surface area contributed by atoms with Crippen LogP contribution in [-0.2, 0) is 4.79 Å². The molecule has 0 aliphatic rings. The van der Waals surface area contributed by atoms with Crippen LogP contribution in [0.4, 0.5) is 0 Å². The molecular formula is C16H21NO2. The number of rotatable bonds is 8. The van der Waals surface area contributed by atoms with Crippen molar-refractivity contribution < 1.29 is 9.53 Å². The monoisotopic (exact) mass is 259 g/mol. The summed E-state index contributed by atoms with van der Waals surface area (Å²) >= 11 is 0. The van der Waals surface area contributed by atoms with Crippen LogP contribution in [0.5, 0.6) is 5.75 Å². The summed E-state index contributed by atoms with van der Waals surface area (Å²) < 4.78 is 5.74. The van der Waals surface area contributed by atoms with Gasteiger partial charge in [-0.2, -0.15) is 0 Å². The van der Waals surface area contributed by atoms with Gasteiger partial charge in [-0.25, -0.2) is 0 Å². The number of ether oxygens (including phenoxy) is 1. The predicted octanol–water partition coefficient (Wildman–Crippen LogP) is 3.04. The minimum Gasteiger partial charge on any atom is -0.481 e. The Bertz CT molecular complexity index is 404. The minimum atomic E-state index is -0.470. The first kappa shape index (κ1) is 15.0. The first-order valence-corrected chi connectivity index (χ1v) is 6.45. The van der Waals surface area contributed by atoms with Gasteiger partial charge in [-0.3, -0.25) is 4.79 Å². The van der Waals surface area contributed by atoms with Gasteiger partial charge in [0.05, 0.1) is 0 Å². The summed E-state index contributed by atoms with van der Waals surface area (Å²) in [7, 11) is 0. The average molecular weight is 259 g/mol. The Labute approximate surface area is 115 Å². The Morgan fingerprint density at radius 1 is 1.26 bits per heavy atom. The van der Waals surface area contributed by atoms with Crippen molar-refractivity contribution in [3.63, 3.8) is 0 Å². The van der Waals surface area contributed by atoms with E-state index < -0.39 is 6.10 Å². The number of amides is 1. The highest BCUT2D eigenvalue weighted by Crippen LogP contribution is 2.14. The van der Waals surface area contributed by atoms with Crippen molar-refractivity contribution in [3.8, 4) is 5.75 Å². The zero-order chi connectivity index (χ0) is 14.1. The van der Waals surface area contributed by atoms with Gasteiger partial charge in [-0.15, -0.1) is 13.2 Å². The number of para-hydroxylation sites is 1. The summed E-state index contributed by atoms with van der Waals surface area (Å²) in [6.45, 7) is 10.3. The SMILES string of the molecule is C=CCN(CC=C)C(=O)[C@@H](CC)Oc1ccccc1. The third kappa shape index (κ3) is 4.62. The lowest BCUT2D eigenvalue weighted by atomic mass is 10.2. The smallest absolute Gasteiger partial charge is 0.264 e. The third-order valence-electron chi connectivity index (χ3n) is 2.68. The summed E-state index contributed by atoms with van der Waals surface area (Å²) in [6.07, 6.45) is 3.56. The fourth-order valence-electron chi connectivity index (χ4n) is 1.74. The standard InChI is InChI=1S/C16H21NO2/c1-4-12-17(13-5-2)16(18)15(6-3)19-14-10-8-7-9-11-14/h4-5,7-11,15H,1-2,6,12-13H2,3H3/t15-/m1/s1. The Kier molecular flexibility index (Phi) is 6.44. The molecule has 1 rings (SSSR count). The van der Waals surface area contributed by atoms with Crippen molar-refractivity contribution in [1.82, 2.24) is 4.90 Å². The van der Waals surface area contributed by atoms with Crippen molar-refractivity contribution in [2.75, 3.05) is 13.1 Å². The Balaban J connectivity index is 2.74.